The van der Waals surface area contributed by atoms with Gasteiger partial charge in [-0.2, -0.15) is 5.10 Å². The first-order valence-electron chi connectivity index (χ1n) is 7.42. The van der Waals surface area contributed by atoms with Crippen LogP contribution < -0.4 is 5.32 Å². The van der Waals surface area contributed by atoms with E-state index in [1.54, 1.807) is 18.5 Å². The van der Waals surface area contributed by atoms with Gasteiger partial charge in [-0.15, -0.1) is 0 Å². The molecule has 0 aromatic carbocycles. The molecule has 0 radical (unpaired) electrons. The van der Waals surface area contributed by atoms with E-state index in [2.05, 4.69) is 10.4 Å². The minimum atomic E-state index is -3.05. The Morgan fingerprint density at radius 1 is 1.29 bits per heavy atom. The summed E-state index contributed by atoms with van der Waals surface area (Å²) in [7, 11) is -3.05. The highest BCUT2D eigenvalue weighted by atomic mass is 32.2. The molecule has 0 aliphatic heterocycles. The van der Waals surface area contributed by atoms with Crippen LogP contribution in [0.25, 0.3) is 5.52 Å². The highest BCUT2D eigenvalue weighted by Crippen LogP contribution is 2.15. The molecule has 0 aliphatic rings. The molecule has 0 saturated carbocycles. The Kier molecular flexibility index (Phi) is 4.15. The highest BCUT2D eigenvalue weighted by Gasteiger charge is 2.12. The van der Waals surface area contributed by atoms with Crippen LogP contribution >= 0.6 is 0 Å². The van der Waals surface area contributed by atoms with Gasteiger partial charge in [0.15, 0.2) is 5.82 Å². The van der Waals surface area contributed by atoms with Crippen molar-refractivity contribution in [2.45, 2.75) is 13.5 Å². The number of sulfone groups is 1. The molecular formula is C16H18N4O3S. The molecule has 8 heteroatoms. The van der Waals surface area contributed by atoms with Gasteiger partial charge in [-0.25, -0.2) is 8.42 Å². The molecule has 0 unspecified atom stereocenters. The van der Waals surface area contributed by atoms with E-state index >= 15 is 0 Å². The van der Waals surface area contributed by atoms with E-state index < -0.39 is 9.84 Å². The largest absolute Gasteiger partial charge is 0.323 e. The summed E-state index contributed by atoms with van der Waals surface area (Å²) in [5.41, 5.74) is 2.60. The number of hydrogen-bond acceptors (Lipinski definition) is 4. The number of anilines is 1. The molecule has 0 aliphatic carbocycles. The predicted molar refractivity (Wildman–Crippen MR) is 92.0 cm³/mol. The smallest absolute Gasteiger partial charge is 0.258 e. The summed E-state index contributed by atoms with van der Waals surface area (Å²) in [5, 5.41) is 6.89. The summed E-state index contributed by atoms with van der Waals surface area (Å²) in [5.74, 6) is 0.138. The average Bonchev–Trinajstić information content (AvgIpc) is 3.11. The number of pyridine rings is 1. The molecule has 3 heterocycles. The van der Waals surface area contributed by atoms with Gasteiger partial charge >= 0.3 is 0 Å². The molecule has 7 nitrogen and oxygen atoms in total. The highest BCUT2D eigenvalue weighted by molar-refractivity contribution is 7.90. The van der Waals surface area contributed by atoms with Gasteiger partial charge in [-0.1, -0.05) is 6.07 Å². The van der Waals surface area contributed by atoms with Crippen LogP contribution in [0.2, 0.25) is 0 Å². The number of carbonyl (C=O) groups is 1. The molecule has 0 saturated heterocycles. The van der Waals surface area contributed by atoms with Crippen molar-refractivity contribution in [3.63, 3.8) is 0 Å². The third kappa shape index (κ3) is 3.65. The van der Waals surface area contributed by atoms with Gasteiger partial charge in [-0.05, 0) is 24.6 Å². The van der Waals surface area contributed by atoms with Gasteiger partial charge in [0.25, 0.3) is 5.91 Å². The third-order valence-corrected chi connectivity index (χ3v) is 4.61. The van der Waals surface area contributed by atoms with E-state index in [9.17, 15) is 13.2 Å². The maximum atomic E-state index is 12.4. The van der Waals surface area contributed by atoms with Crippen LogP contribution in [0.1, 0.15) is 15.9 Å². The average molecular weight is 346 g/mol. The normalized spacial score (nSPS) is 11.8. The van der Waals surface area contributed by atoms with Gasteiger partial charge in [0.05, 0.1) is 17.9 Å². The first-order chi connectivity index (χ1) is 11.3. The molecule has 126 valence electrons. The summed E-state index contributed by atoms with van der Waals surface area (Å²) >= 11 is 0. The zero-order valence-corrected chi connectivity index (χ0v) is 14.2. The first-order valence-corrected chi connectivity index (χ1v) is 9.48. The van der Waals surface area contributed by atoms with Gasteiger partial charge in [0.1, 0.15) is 9.84 Å². The standard InChI is InChI=1S/C16H18N4O3S/c1-12-4-3-6-19-11-13(10-14(12)19)16(21)17-15-5-7-20(18-15)8-9-24(2,22)23/h3-7,10-11H,8-9H2,1-2H3,(H,17,18,21). The number of rotatable bonds is 5. The molecule has 1 N–H and O–H groups in total. The van der Waals surface area contributed by atoms with Crippen LogP contribution in [-0.4, -0.2) is 40.5 Å². The SMILES string of the molecule is Cc1cccn2cc(C(=O)Nc3ccn(CCS(C)(=O)=O)n3)cc12. The molecule has 24 heavy (non-hydrogen) atoms. The zero-order chi connectivity index (χ0) is 17.3. The number of aryl methyl sites for hydroxylation is 2. The lowest BCUT2D eigenvalue weighted by molar-refractivity contribution is 0.102. The molecule has 0 atom stereocenters. The molecule has 0 fully saturated rings. The van der Waals surface area contributed by atoms with E-state index in [1.807, 2.05) is 35.7 Å². The summed E-state index contributed by atoms with van der Waals surface area (Å²) in [6, 6.07) is 7.38. The fraction of sp³-hybridized carbons (Fsp3) is 0.250. The van der Waals surface area contributed by atoms with E-state index in [0.717, 1.165) is 11.1 Å². The molecule has 0 bridgehead atoms. The summed E-state index contributed by atoms with van der Waals surface area (Å²) in [6.45, 7) is 2.24. The second-order valence-corrected chi connectivity index (χ2v) is 8.02. The quantitative estimate of drug-likeness (QED) is 0.762. The predicted octanol–water partition coefficient (Wildman–Crippen LogP) is 1.74. The molecule has 1 amide bonds. The number of hydrogen-bond donors (Lipinski definition) is 1. The molecule has 0 spiro atoms. The number of amides is 1. The Morgan fingerprint density at radius 2 is 2.08 bits per heavy atom. The monoisotopic (exact) mass is 346 g/mol. The van der Waals surface area contributed by atoms with Crippen LogP contribution in [-0.2, 0) is 16.4 Å². The minimum Gasteiger partial charge on any atom is -0.323 e. The van der Waals surface area contributed by atoms with Gasteiger partial charge in [-0.3, -0.25) is 9.48 Å². The Hall–Kier alpha value is -2.61. The Balaban J connectivity index is 1.72. The third-order valence-electron chi connectivity index (χ3n) is 3.68. The number of nitrogens with zero attached hydrogens (tertiary/aromatic N) is 3. The fourth-order valence-electron chi connectivity index (χ4n) is 2.41. The minimum absolute atomic E-state index is 0.00617. The van der Waals surface area contributed by atoms with E-state index in [4.69, 9.17) is 0 Å². The van der Waals surface area contributed by atoms with Crippen LogP contribution in [0.5, 0.6) is 0 Å². The van der Waals surface area contributed by atoms with Crippen molar-refractivity contribution in [2.24, 2.45) is 0 Å². The number of carbonyl (C=O) groups excluding carboxylic acids is 1. The number of fused-ring (bicyclic) bond motifs is 1. The van der Waals surface area contributed by atoms with Crippen LogP contribution in [0.4, 0.5) is 5.82 Å². The zero-order valence-electron chi connectivity index (χ0n) is 13.4. The second kappa shape index (κ2) is 6.12. The summed E-state index contributed by atoms with van der Waals surface area (Å²) in [6.07, 6.45) is 6.47. The van der Waals surface area contributed by atoms with E-state index in [1.165, 1.54) is 10.9 Å². The van der Waals surface area contributed by atoms with Gasteiger partial charge in [0.2, 0.25) is 0 Å². The molecular weight excluding hydrogens is 328 g/mol. The molecule has 3 rings (SSSR count). The fourth-order valence-corrected chi connectivity index (χ4v) is 2.93. The van der Waals surface area contributed by atoms with Crippen molar-refractivity contribution in [1.82, 2.24) is 14.2 Å². The van der Waals surface area contributed by atoms with Crippen molar-refractivity contribution < 1.29 is 13.2 Å². The molecule has 3 aromatic rings. The van der Waals surface area contributed by atoms with Crippen LogP contribution in [0, 0.1) is 6.92 Å². The maximum Gasteiger partial charge on any atom is 0.258 e. The van der Waals surface area contributed by atoms with Crippen molar-refractivity contribution in [3.8, 4) is 0 Å². The van der Waals surface area contributed by atoms with Crippen molar-refractivity contribution in [2.75, 3.05) is 17.3 Å². The summed E-state index contributed by atoms with van der Waals surface area (Å²) < 4.78 is 25.7. The topological polar surface area (TPSA) is 85.5 Å². The first kappa shape index (κ1) is 16.3. The van der Waals surface area contributed by atoms with Gasteiger partial charge in [0, 0.05) is 36.4 Å². The lowest BCUT2D eigenvalue weighted by atomic mass is 10.2. The van der Waals surface area contributed by atoms with E-state index in [-0.39, 0.29) is 18.2 Å². The Bertz CT molecular complexity index is 1000. The number of aromatic nitrogens is 3. The van der Waals surface area contributed by atoms with Crippen molar-refractivity contribution in [1.29, 1.82) is 0 Å². The Morgan fingerprint density at radius 3 is 2.79 bits per heavy atom. The van der Waals surface area contributed by atoms with Crippen molar-refractivity contribution in [3.05, 3.63) is 54.0 Å². The summed E-state index contributed by atoms with van der Waals surface area (Å²) in [4.78, 5) is 12.4. The Labute approximate surface area is 139 Å². The second-order valence-electron chi connectivity index (χ2n) is 5.76. The lowest BCUT2D eigenvalue weighted by Crippen LogP contribution is -2.14. The maximum absolute atomic E-state index is 12.4. The van der Waals surface area contributed by atoms with Gasteiger partial charge < -0.3 is 9.72 Å². The molecule has 3 aromatic heterocycles. The van der Waals surface area contributed by atoms with Crippen LogP contribution in [0.3, 0.4) is 0 Å². The van der Waals surface area contributed by atoms with Crippen molar-refractivity contribution >= 4 is 27.1 Å². The van der Waals surface area contributed by atoms with Crippen LogP contribution in [0.15, 0.2) is 42.9 Å². The lowest BCUT2D eigenvalue weighted by Gasteiger charge is -2.01. The number of nitrogens with one attached hydrogen (secondary N) is 1. The van der Waals surface area contributed by atoms with E-state index in [0.29, 0.717) is 11.4 Å².